The fraction of sp³-hybridized carbons (Fsp3) is 0.559. The number of alkyl carbamates (subject to hydrolysis) is 1. The first-order chi connectivity index (χ1) is 37.5. The van der Waals surface area contributed by atoms with Gasteiger partial charge in [-0.2, -0.15) is 0 Å². The Morgan fingerprint density at radius 2 is 1.41 bits per heavy atom. The van der Waals surface area contributed by atoms with Gasteiger partial charge in [0.2, 0.25) is 17.7 Å². The number of nitrogens with zero attached hydrogens (tertiary/aromatic N) is 4. The van der Waals surface area contributed by atoms with Crippen LogP contribution in [0.5, 0.6) is 0 Å². The third kappa shape index (κ3) is 17.9. The van der Waals surface area contributed by atoms with Crippen molar-refractivity contribution < 1.29 is 62.3 Å². The molecule has 6 N–H and O–H groups in total. The van der Waals surface area contributed by atoms with Crippen molar-refractivity contribution in [3.8, 4) is 0 Å². The van der Waals surface area contributed by atoms with Gasteiger partial charge >= 0.3 is 24.2 Å². The molecule has 22 nitrogen and oxygen atoms in total. The lowest BCUT2D eigenvalue weighted by Gasteiger charge is -2.42. The van der Waals surface area contributed by atoms with E-state index in [9.17, 15) is 43.2 Å². The minimum Gasteiger partial charge on any atom is -0.445 e. The van der Waals surface area contributed by atoms with Gasteiger partial charge < -0.3 is 50.8 Å². The summed E-state index contributed by atoms with van der Waals surface area (Å²) in [5.74, 6) is -5.69. The van der Waals surface area contributed by atoms with Crippen LogP contribution in [0.1, 0.15) is 133 Å². The maximum absolute atomic E-state index is 15.2. The van der Waals surface area contributed by atoms with E-state index in [1.165, 1.54) is 29.8 Å². The zero-order valence-electron chi connectivity index (χ0n) is 49.9. The van der Waals surface area contributed by atoms with Gasteiger partial charge in [0.05, 0.1) is 12.1 Å². The Morgan fingerprint density at radius 3 is 1.96 bits per heavy atom. The van der Waals surface area contributed by atoms with E-state index in [-0.39, 0.29) is 62.0 Å². The Hall–Kier alpha value is -7.78. The lowest BCUT2D eigenvalue weighted by atomic mass is 9.76. The number of aryl methyl sites for hydroxylation is 1. The summed E-state index contributed by atoms with van der Waals surface area (Å²) in [6.07, 6.45) is 1.94. The number of primary amides is 1. The summed E-state index contributed by atoms with van der Waals surface area (Å²) in [4.78, 5) is 141. The van der Waals surface area contributed by atoms with Gasteiger partial charge in [-0.05, 0) is 87.1 Å². The predicted molar refractivity (Wildman–Crippen MR) is 304 cm³/mol. The highest BCUT2D eigenvalue weighted by Gasteiger charge is 2.47. The number of ketones is 1. The minimum atomic E-state index is -1.29. The smallest absolute Gasteiger partial charge is 0.410 e. The van der Waals surface area contributed by atoms with Crippen molar-refractivity contribution in [1.29, 1.82) is 0 Å². The first-order valence-corrected chi connectivity index (χ1v) is 27.3. The summed E-state index contributed by atoms with van der Waals surface area (Å²) in [7, 11) is 4.88. The number of hydrogen-bond acceptors (Lipinski definition) is 13. The van der Waals surface area contributed by atoms with E-state index in [4.69, 9.17) is 20.0 Å². The van der Waals surface area contributed by atoms with Crippen LogP contribution in [0.15, 0.2) is 66.4 Å². The molecule has 1 unspecified atom stereocenters. The van der Waals surface area contributed by atoms with Crippen LogP contribution in [-0.2, 0) is 66.9 Å². The lowest BCUT2D eigenvalue weighted by molar-refractivity contribution is -0.194. The predicted octanol–water partition coefficient (Wildman–Crippen LogP) is 7.17. The van der Waals surface area contributed by atoms with Crippen molar-refractivity contribution in [2.75, 3.05) is 26.0 Å². The van der Waals surface area contributed by atoms with E-state index in [1.54, 1.807) is 86.7 Å². The number of ether oxygens (including phenoxy) is 2. The number of imide groups is 1. The second-order valence-electron chi connectivity index (χ2n) is 24.1. The number of amides is 9. The number of aromatic nitrogens is 1. The molecule has 1 aliphatic rings. The van der Waals surface area contributed by atoms with Crippen LogP contribution < -0.4 is 27.0 Å². The van der Waals surface area contributed by atoms with E-state index >= 15 is 4.79 Å². The molecule has 0 bridgehead atoms. The highest BCUT2D eigenvalue weighted by atomic mass is 16.7. The van der Waals surface area contributed by atoms with Crippen LogP contribution >= 0.6 is 0 Å². The number of nitrogens with one attached hydrogen (secondary N) is 4. The number of fused-ring (bicyclic) bond motifs is 1. The molecule has 22 heteroatoms. The van der Waals surface area contributed by atoms with Gasteiger partial charge in [-0.15, -0.1) is 5.06 Å². The Labute approximate surface area is 475 Å². The van der Waals surface area contributed by atoms with Crippen LogP contribution in [0.2, 0.25) is 0 Å². The van der Waals surface area contributed by atoms with Gasteiger partial charge in [-0.3, -0.25) is 33.7 Å². The van der Waals surface area contributed by atoms with Crippen LogP contribution in [0.25, 0.3) is 10.9 Å². The zero-order valence-corrected chi connectivity index (χ0v) is 49.9. The summed E-state index contributed by atoms with van der Waals surface area (Å²) in [5, 5.41) is 12.3. The molecule has 9 amide bonds. The van der Waals surface area contributed by atoms with Gasteiger partial charge in [0.25, 0.3) is 11.8 Å². The Balaban J connectivity index is 1.59. The van der Waals surface area contributed by atoms with Crippen LogP contribution in [0, 0.1) is 23.2 Å². The molecule has 0 aliphatic carbocycles. The summed E-state index contributed by atoms with van der Waals surface area (Å²) in [5.41, 5.74) is 4.95. The molecule has 3 aromatic rings. The van der Waals surface area contributed by atoms with E-state index in [0.717, 1.165) is 16.5 Å². The van der Waals surface area contributed by atoms with Crippen molar-refractivity contribution in [3.05, 3.63) is 77.5 Å². The normalized spacial score (nSPS) is 15.1. The zero-order chi connectivity index (χ0) is 61.1. The molecule has 0 saturated carbocycles. The molecule has 5 atom stereocenters. The number of para-hydroxylation sites is 1. The quantitative estimate of drug-likeness (QED) is 0.0338. The summed E-state index contributed by atoms with van der Waals surface area (Å²) < 4.78 is 13.2. The van der Waals surface area contributed by atoms with Crippen molar-refractivity contribution >= 4 is 76.1 Å². The molecule has 1 saturated heterocycles. The van der Waals surface area contributed by atoms with Crippen LogP contribution in [0.4, 0.5) is 20.1 Å². The number of hydroxylamine groups is 2. The summed E-state index contributed by atoms with van der Waals surface area (Å²) in [6.45, 7) is 22.7. The maximum atomic E-state index is 15.2. The molecule has 81 heavy (non-hydrogen) atoms. The van der Waals surface area contributed by atoms with Crippen LogP contribution in [-0.4, -0.2) is 129 Å². The molecule has 0 spiro atoms. The number of urea groups is 1. The SMILES string of the molecule is C/C(=C\[C@H](C(C)C)N(C)C(=O)[C@@H](NC(=O)[C@@H](N(C)C(=O)OCc1ccc(NC(=O)[C@H](CCCNC(N)=O)CC(=O)C(NC(=O)OC(C)(C)C)C(C)C)cc1)C(C)(C)c1cn(C)c2ccccc12)C(C)(C)C)C(=O)ON1C(=O)CCC1=O. The fourth-order valence-corrected chi connectivity index (χ4v) is 9.69. The summed E-state index contributed by atoms with van der Waals surface area (Å²) >= 11 is 0. The topological polar surface area (TPSA) is 287 Å². The number of anilines is 1. The standard InChI is InChI=1S/C59H85N9O13/c1-34(2)43(30-36(5)53(75)81-68-45(70)27-28-46(68)71)66(15)52(74)48(57(6,7)8)64-51(73)49(59(12,13)41-32-65(14)42-22-18-17-21-40(41)42)67(16)56(78)79-33-37-23-25-39(26-24-37)62-50(72)38(20-19-29-61-54(60)76)31-44(69)47(35(3)4)63-55(77)80-58(9,10)11/h17-18,21-26,30,32,34-35,38,43,47-49H,19-20,27-29,31,33H2,1-16H3,(H,62,72)(H,63,77)(H,64,73)(H3,60,61,76)/b36-30+/t38-,43-,47?,48-,49-/m1/s1. The highest BCUT2D eigenvalue weighted by Crippen LogP contribution is 2.37. The van der Waals surface area contributed by atoms with Crippen LogP contribution in [0.3, 0.4) is 0 Å². The third-order valence-corrected chi connectivity index (χ3v) is 14.1. The maximum Gasteiger partial charge on any atom is 0.410 e. The Morgan fingerprint density at radius 1 is 0.802 bits per heavy atom. The number of carbonyl (C=O) groups is 10. The Kier molecular flexibility index (Phi) is 22.4. The Bertz CT molecular complexity index is 2830. The monoisotopic (exact) mass is 1130 g/mol. The van der Waals surface area contributed by atoms with Crippen molar-refractivity contribution in [3.63, 3.8) is 0 Å². The molecule has 0 radical (unpaired) electrons. The largest absolute Gasteiger partial charge is 0.445 e. The lowest BCUT2D eigenvalue weighted by Crippen LogP contribution is -2.63. The number of hydrogen-bond donors (Lipinski definition) is 5. The average Bonchev–Trinajstić information content (AvgIpc) is 4.17. The molecule has 2 aromatic carbocycles. The molecule has 2 heterocycles. The first-order valence-electron chi connectivity index (χ1n) is 27.3. The molecule has 1 fully saturated rings. The first kappa shape index (κ1) is 65.7. The summed E-state index contributed by atoms with van der Waals surface area (Å²) in [6, 6.07) is 9.26. The molecular formula is C59H85N9O13. The fourth-order valence-electron chi connectivity index (χ4n) is 9.69. The van der Waals surface area contributed by atoms with E-state index in [1.807, 2.05) is 69.8 Å². The van der Waals surface area contributed by atoms with Gasteiger partial charge in [0.15, 0.2) is 5.78 Å². The van der Waals surface area contributed by atoms with Gasteiger partial charge in [-0.25, -0.2) is 19.2 Å². The minimum absolute atomic E-state index is 0.0444. The van der Waals surface area contributed by atoms with Crippen molar-refractivity contribution in [2.45, 2.75) is 164 Å². The second kappa shape index (κ2) is 27.6. The van der Waals surface area contributed by atoms with Gasteiger partial charge in [0, 0.05) is 86.6 Å². The van der Waals surface area contributed by atoms with E-state index in [0.29, 0.717) is 22.7 Å². The number of Topliss-reactive ketones (excluding diaryl/α,β-unsaturated/α-hetero) is 1. The number of likely N-dealkylation sites (N-methyl/N-ethyl adjacent to an activating group) is 2. The number of rotatable bonds is 24. The highest BCUT2D eigenvalue weighted by molar-refractivity contribution is 6.03. The number of benzene rings is 2. The molecule has 444 valence electrons. The van der Waals surface area contributed by atoms with Crippen molar-refractivity contribution in [1.82, 2.24) is 35.4 Å². The van der Waals surface area contributed by atoms with E-state index in [2.05, 4.69) is 21.3 Å². The number of carbonyl (C=O) groups excluding carboxylic acids is 10. The van der Waals surface area contributed by atoms with Gasteiger partial charge in [-0.1, -0.05) is 98.7 Å². The van der Waals surface area contributed by atoms with E-state index < -0.39 is 100 Å². The molecule has 1 aromatic heterocycles. The number of nitrogens with two attached hydrogens (primary N) is 1. The average molecular weight is 1130 g/mol. The second-order valence-corrected chi connectivity index (χ2v) is 24.1. The molecule has 1 aliphatic heterocycles. The van der Waals surface area contributed by atoms with Gasteiger partial charge in [0.1, 0.15) is 24.3 Å². The van der Waals surface area contributed by atoms with Crippen molar-refractivity contribution in [2.24, 2.45) is 36.0 Å². The third-order valence-electron chi connectivity index (χ3n) is 14.1. The molecular weight excluding hydrogens is 1040 g/mol. The molecule has 4 rings (SSSR count).